The molecule has 3 rings (SSSR count). The molecule has 31 heavy (non-hydrogen) atoms. The van der Waals surface area contributed by atoms with Gasteiger partial charge in [0.2, 0.25) is 0 Å². The third kappa shape index (κ3) is 6.95. The average molecular weight is 530 g/mol. The van der Waals surface area contributed by atoms with Gasteiger partial charge in [0.05, 0.1) is 6.04 Å². The molecule has 0 aliphatic rings. The Hall–Kier alpha value is -2.61. The first kappa shape index (κ1) is 24.7. The van der Waals surface area contributed by atoms with Gasteiger partial charge in [-0.25, -0.2) is 0 Å². The first-order valence-electron chi connectivity index (χ1n) is 10.4. The number of aliphatic imine (C=N–C) groups is 1. The van der Waals surface area contributed by atoms with Gasteiger partial charge in [0.1, 0.15) is 0 Å². The number of hydrogen-bond donors (Lipinski definition) is 3. The van der Waals surface area contributed by atoms with Crippen LogP contribution in [-0.4, -0.2) is 32.0 Å². The van der Waals surface area contributed by atoms with Crippen molar-refractivity contribution in [2.75, 3.05) is 20.1 Å². The molecule has 3 aromatic rings. The number of benzene rings is 3. The van der Waals surface area contributed by atoms with Crippen molar-refractivity contribution in [3.05, 3.63) is 83.4 Å². The molecule has 0 saturated heterocycles. The quantitative estimate of drug-likeness (QED) is 0.236. The van der Waals surface area contributed by atoms with Crippen molar-refractivity contribution in [1.82, 2.24) is 16.0 Å². The van der Waals surface area contributed by atoms with Gasteiger partial charge < -0.3 is 16.0 Å². The Morgan fingerprint density at radius 3 is 2.52 bits per heavy atom. The van der Waals surface area contributed by atoms with Crippen molar-refractivity contribution in [2.24, 2.45) is 4.99 Å². The summed E-state index contributed by atoms with van der Waals surface area (Å²) >= 11 is 0. The van der Waals surface area contributed by atoms with Crippen molar-refractivity contribution in [3.63, 3.8) is 0 Å². The summed E-state index contributed by atoms with van der Waals surface area (Å²) < 4.78 is 0. The minimum absolute atomic E-state index is 0. The maximum absolute atomic E-state index is 11.8. The first-order valence-corrected chi connectivity index (χ1v) is 10.4. The molecule has 0 fully saturated rings. The minimum atomic E-state index is -0.0698. The fourth-order valence-corrected chi connectivity index (χ4v) is 3.39. The van der Waals surface area contributed by atoms with Crippen LogP contribution in [0.4, 0.5) is 0 Å². The fraction of sp³-hybridized carbons (Fsp3) is 0.280. The zero-order chi connectivity index (χ0) is 21.3. The maximum atomic E-state index is 11.8. The Morgan fingerprint density at radius 1 is 1.00 bits per heavy atom. The van der Waals surface area contributed by atoms with E-state index in [9.17, 15) is 4.79 Å². The number of rotatable bonds is 7. The lowest BCUT2D eigenvalue weighted by molar-refractivity contribution is 0.0963. The topological polar surface area (TPSA) is 65.5 Å². The van der Waals surface area contributed by atoms with Gasteiger partial charge in [0.15, 0.2) is 5.96 Å². The van der Waals surface area contributed by atoms with E-state index in [1.807, 2.05) is 24.3 Å². The van der Waals surface area contributed by atoms with Crippen molar-refractivity contribution in [1.29, 1.82) is 0 Å². The van der Waals surface area contributed by atoms with Gasteiger partial charge in [-0.15, -0.1) is 24.0 Å². The molecule has 1 amide bonds. The van der Waals surface area contributed by atoms with E-state index in [0.717, 1.165) is 24.5 Å². The Morgan fingerprint density at radius 2 is 1.77 bits per heavy atom. The number of carbonyl (C=O) groups is 1. The van der Waals surface area contributed by atoms with Crippen LogP contribution in [0, 0.1) is 0 Å². The second-order valence-electron chi connectivity index (χ2n) is 7.26. The molecule has 3 N–H and O–H groups in total. The van der Waals surface area contributed by atoms with Crippen LogP contribution in [-0.2, 0) is 6.42 Å². The largest absolute Gasteiger partial charge is 0.357 e. The number of amides is 1. The number of carbonyl (C=O) groups excluding carboxylic acids is 1. The van der Waals surface area contributed by atoms with Crippen molar-refractivity contribution >= 4 is 46.6 Å². The highest BCUT2D eigenvalue weighted by Crippen LogP contribution is 2.20. The molecule has 1 atom stereocenters. The van der Waals surface area contributed by atoms with Gasteiger partial charge in [0, 0.05) is 25.7 Å². The van der Waals surface area contributed by atoms with Gasteiger partial charge in [-0.1, -0.05) is 48.5 Å². The van der Waals surface area contributed by atoms with Gasteiger partial charge >= 0.3 is 0 Å². The maximum Gasteiger partial charge on any atom is 0.251 e. The van der Waals surface area contributed by atoms with Crippen LogP contribution in [0.2, 0.25) is 0 Å². The highest BCUT2D eigenvalue weighted by molar-refractivity contribution is 14.0. The average Bonchev–Trinajstić information content (AvgIpc) is 2.78. The van der Waals surface area contributed by atoms with E-state index >= 15 is 0 Å². The standard InChI is InChI=1S/C25H30N4O.HI/c1-4-27-25(28-15-14-19-8-7-11-23(16-19)24(30)26-3)29-18(2)21-13-12-20-9-5-6-10-22(20)17-21;/h5-13,16-18H,4,14-15H2,1-3H3,(H,26,30)(H2,27,28,29);1H. The molecule has 0 radical (unpaired) electrons. The lowest BCUT2D eigenvalue weighted by Crippen LogP contribution is -2.38. The highest BCUT2D eigenvalue weighted by atomic mass is 127. The Balaban J connectivity index is 0.00000341. The number of nitrogens with zero attached hydrogens (tertiary/aromatic N) is 1. The smallest absolute Gasteiger partial charge is 0.251 e. The molecular formula is C25H31IN4O. The molecule has 0 saturated carbocycles. The molecule has 0 spiro atoms. The number of fused-ring (bicyclic) bond motifs is 1. The third-order valence-corrected chi connectivity index (χ3v) is 5.06. The van der Waals surface area contributed by atoms with Crippen LogP contribution in [0.15, 0.2) is 71.7 Å². The van der Waals surface area contributed by atoms with E-state index in [0.29, 0.717) is 12.1 Å². The Bertz CT molecular complexity index is 1030. The molecule has 0 heterocycles. The number of guanidine groups is 1. The van der Waals surface area contributed by atoms with Gasteiger partial charge in [-0.2, -0.15) is 0 Å². The van der Waals surface area contributed by atoms with Crippen LogP contribution < -0.4 is 16.0 Å². The normalized spacial score (nSPS) is 12.0. The van der Waals surface area contributed by atoms with Gasteiger partial charge in [-0.3, -0.25) is 9.79 Å². The summed E-state index contributed by atoms with van der Waals surface area (Å²) in [5, 5.41) is 12.0. The zero-order valence-corrected chi connectivity index (χ0v) is 20.6. The van der Waals surface area contributed by atoms with Gasteiger partial charge in [0.25, 0.3) is 5.91 Å². The minimum Gasteiger partial charge on any atom is -0.357 e. The third-order valence-electron chi connectivity index (χ3n) is 5.06. The Labute approximate surface area is 201 Å². The molecule has 6 heteroatoms. The van der Waals surface area contributed by atoms with Crippen molar-refractivity contribution in [2.45, 2.75) is 26.3 Å². The Kier molecular flexibility index (Phi) is 9.78. The van der Waals surface area contributed by atoms with Crippen molar-refractivity contribution in [3.8, 4) is 0 Å². The number of nitrogens with one attached hydrogen (secondary N) is 3. The number of hydrogen-bond acceptors (Lipinski definition) is 2. The van der Waals surface area contributed by atoms with Crippen LogP contribution in [0.3, 0.4) is 0 Å². The van der Waals surface area contributed by atoms with Gasteiger partial charge in [-0.05, 0) is 60.4 Å². The van der Waals surface area contributed by atoms with Crippen molar-refractivity contribution < 1.29 is 4.79 Å². The molecule has 0 bridgehead atoms. The van der Waals surface area contributed by atoms with E-state index in [2.05, 4.69) is 72.3 Å². The molecule has 164 valence electrons. The molecule has 0 aromatic heterocycles. The fourth-order valence-electron chi connectivity index (χ4n) is 3.39. The van der Waals surface area contributed by atoms with E-state index in [4.69, 9.17) is 4.99 Å². The summed E-state index contributed by atoms with van der Waals surface area (Å²) in [4.78, 5) is 16.5. The second-order valence-corrected chi connectivity index (χ2v) is 7.26. The van der Waals surface area contributed by atoms with E-state index in [1.54, 1.807) is 7.05 Å². The van der Waals surface area contributed by atoms with Crippen LogP contribution >= 0.6 is 24.0 Å². The van der Waals surface area contributed by atoms with Crippen LogP contribution in [0.25, 0.3) is 10.8 Å². The predicted molar refractivity (Wildman–Crippen MR) is 140 cm³/mol. The van der Waals surface area contributed by atoms with E-state index in [1.165, 1.54) is 16.3 Å². The summed E-state index contributed by atoms with van der Waals surface area (Å²) in [6.07, 6.45) is 0.770. The van der Waals surface area contributed by atoms with E-state index < -0.39 is 0 Å². The molecule has 0 aliphatic carbocycles. The molecule has 1 unspecified atom stereocenters. The summed E-state index contributed by atoms with van der Waals surface area (Å²) in [6, 6.07) is 22.7. The SMILES string of the molecule is CCNC(=NCCc1cccc(C(=O)NC)c1)NC(C)c1ccc2ccccc2c1.I. The number of halogens is 1. The summed E-state index contributed by atoms with van der Waals surface area (Å²) in [5.41, 5.74) is 2.99. The summed E-state index contributed by atoms with van der Waals surface area (Å²) in [6.45, 7) is 5.63. The zero-order valence-electron chi connectivity index (χ0n) is 18.3. The lowest BCUT2D eigenvalue weighted by atomic mass is 10.0. The lowest BCUT2D eigenvalue weighted by Gasteiger charge is -2.18. The summed E-state index contributed by atoms with van der Waals surface area (Å²) in [7, 11) is 1.64. The second kappa shape index (κ2) is 12.3. The molecule has 5 nitrogen and oxygen atoms in total. The molecule has 3 aromatic carbocycles. The van der Waals surface area contributed by atoms with Crippen LogP contribution in [0.1, 0.15) is 41.4 Å². The highest BCUT2D eigenvalue weighted by Gasteiger charge is 2.09. The molecular weight excluding hydrogens is 499 g/mol. The monoisotopic (exact) mass is 530 g/mol. The predicted octanol–water partition coefficient (Wildman–Crippen LogP) is 4.68. The molecule has 0 aliphatic heterocycles. The first-order chi connectivity index (χ1) is 14.6. The summed E-state index contributed by atoms with van der Waals surface area (Å²) in [5.74, 6) is 0.722. The van der Waals surface area contributed by atoms with Crippen LogP contribution in [0.5, 0.6) is 0 Å². The van der Waals surface area contributed by atoms with E-state index in [-0.39, 0.29) is 35.9 Å².